The summed E-state index contributed by atoms with van der Waals surface area (Å²) in [5.41, 5.74) is 2.89. The van der Waals surface area contributed by atoms with Gasteiger partial charge in [0.05, 0.1) is 21.3 Å². The molecule has 1 aliphatic rings. The van der Waals surface area contributed by atoms with Crippen LogP contribution in [-0.2, 0) is 6.18 Å². The van der Waals surface area contributed by atoms with Gasteiger partial charge in [-0.15, -0.1) is 0 Å². The molecule has 1 fully saturated rings. The Morgan fingerprint density at radius 3 is 2.00 bits per heavy atom. The lowest BCUT2D eigenvalue weighted by molar-refractivity contribution is -0.137. The van der Waals surface area contributed by atoms with Gasteiger partial charge in [0.25, 0.3) is 5.91 Å². The zero-order valence-corrected chi connectivity index (χ0v) is 24.4. The number of nitrogens with zero attached hydrogens (tertiary/aromatic N) is 2. The number of carbonyl (C=O) groups excluding carboxylic acids is 1. The fourth-order valence-corrected chi connectivity index (χ4v) is 5.47. The number of anilines is 3. The summed E-state index contributed by atoms with van der Waals surface area (Å²) in [6.07, 6.45) is -4.43. The molecule has 2 N–H and O–H groups in total. The van der Waals surface area contributed by atoms with Crippen LogP contribution in [0.2, 0.25) is 10.0 Å². The minimum atomic E-state index is -4.43. The lowest BCUT2D eigenvalue weighted by Gasteiger charge is -2.37. The van der Waals surface area contributed by atoms with Crippen molar-refractivity contribution in [2.75, 3.05) is 41.7 Å². The third-order valence-corrected chi connectivity index (χ3v) is 7.94. The van der Waals surface area contributed by atoms with E-state index in [9.17, 15) is 18.0 Å². The summed E-state index contributed by atoms with van der Waals surface area (Å²) in [7, 11) is 0. The van der Waals surface area contributed by atoms with E-state index in [1.807, 2.05) is 24.3 Å². The normalized spacial score (nSPS) is 13.5. The number of rotatable bonds is 5. The number of halogens is 5. The molecule has 5 nitrogen and oxygen atoms in total. The Kier molecular flexibility index (Phi) is 8.91. The maximum absolute atomic E-state index is 13.2. The van der Waals surface area contributed by atoms with Crippen molar-refractivity contribution in [2.45, 2.75) is 6.18 Å². The smallest absolute Gasteiger partial charge is 0.368 e. The summed E-state index contributed by atoms with van der Waals surface area (Å²) in [5, 5.41) is 7.60. The van der Waals surface area contributed by atoms with E-state index in [0.29, 0.717) is 56.3 Å². The van der Waals surface area contributed by atoms with Crippen molar-refractivity contribution in [3.63, 3.8) is 0 Å². The Balaban J connectivity index is 1.19. The molecule has 0 aliphatic carbocycles. The molecule has 0 spiro atoms. The molecule has 1 amide bonds. The van der Waals surface area contributed by atoms with Gasteiger partial charge in [0.15, 0.2) is 5.11 Å². The van der Waals surface area contributed by atoms with Crippen LogP contribution in [0, 0.1) is 0 Å². The Labute approximate surface area is 256 Å². The van der Waals surface area contributed by atoms with Crippen LogP contribution in [0.3, 0.4) is 0 Å². The molecular weight excluding hydrogens is 604 g/mol. The number of amides is 1. The summed E-state index contributed by atoms with van der Waals surface area (Å²) >= 11 is 18.1. The number of hydrogen-bond acceptors (Lipinski definition) is 3. The first-order valence-corrected chi connectivity index (χ1v) is 14.2. The molecule has 216 valence electrons. The van der Waals surface area contributed by atoms with Crippen molar-refractivity contribution in [3.8, 4) is 11.1 Å². The van der Waals surface area contributed by atoms with Crippen molar-refractivity contribution in [3.05, 3.63) is 112 Å². The predicted octanol–water partition coefficient (Wildman–Crippen LogP) is 8.45. The number of thiocarbonyl (C=S) groups is 1. The predicted molar refractivity (Wildman–Crippen MR) is 168 cm³/mol. The zero-order valence-electron chi connectivity index (χ0n) is 22.1. The summed E-state index contributed by atoms with van der Waals surface area (Å²) in [6.45, 7) is 2.88. The first-order chi connectivity index (χ1) is 20.1. The van der Waals surface area contributed by atoms with Crippen molar-refractivity contribution >= 4 is 63.5 Å². The second-order valence-corrected chi connectivity index (χ2v) is 10.8. The molecule has 5 rings (SSSR count). The standard InChI is InChI=1S/C31H25Cl2F3N4OS/c32-26-6-3-7-27(33)28(26)38-30(42)40-18-16-39(17-19-40)23-14-12-22(13-15-23)37-29(41)25-5-2-1-4-24(25)20-8-10-21(11-9-20)31(34,35)36/h1-15H,16-19H2,(H,37,41)(H,38,42). The maximum atomic E-state index is 13.2. The van der Waals surface area contributed by atoms with Crippen LogP contribution < -0.4 is 15.5 Å². The van der Waals surface area contributed by atoms with Crippen LogP contribution in [0.1, 0.15) is 15.9 Å². The summed E-state index contributed by atoms with van der Waals surface area (Å²) in [5.74, 6) is -0.355. The van der Waals surface area contributed by atoms with Crippen LogP contribution in [-0.4, -0.2) is 42.1 Å². The molecule has 1 aliphatic heterocycles. The van der Waals surface area contributed by atoms with Crippen molar-refractivity contribution < 1.29 is 18.0 Å². The number of piperazine rings is 1. The summed E-state index contributed by atoms with van der Waals surface area (Å²) in [4.78, 5) is 17.4. The van der Waals surface area contributed by atoms with Gasteiger partial charge in [-0.2, -0.15) is 13.2 Å². The Morgan fingerprint density at radius 2 is 1.38 bits per heavy atom. The topological polar surface area (TPSA) is 47.6 Å². The minimum absolute atomic E-state index is 0.355. The fourth-order valence-electron chi connectivity index (χ4n) is 4.70. The van der Waals surface area contributed by atoms with E-state index in [1.165, 1.54) is 12.1 Å². The lowest BCUT2D eigenvalue weighted by Crippen LogP contribution is -2.50. The van der Waals surface area contributed by atoms with E-state index >= 15 is 0 Å². The highest BCUT2D eigenvalue weighted by Crippen LogP contribution is 2.33. The van der Waals surface area contributed by atoms with Gasteiger partial charge in [-0.3, -0.25) is 4.79 Å². The largest absolute Gasteiger partial charge is 0.416 e. The lowest BCUT2D eigenvalue weighted by atomic mass is 9.98. The molecule has 0 unspecified atom stereocenters. The van der Waals surface area contributed by atoms with E-state index in [-0.39, 0.29) is 5.91 Å². The first kappa shape index (κ1) is 29.7. The molecule has 0 atom stereocenters. The van der Waals surface area contributed by atoms with Crippen LogP contribution in [0.5, 0.6) is 0 Å². The highest BCUT2D eigenvalue weighted by molar-refractivity contribution is 7.80. The van der Waals surface area contributed by atoms with E-state index in [4.69, 9.17) is 35.4 Å². The third kappa shape index (κ3) is 6.81. The number of alkyl halides is 3. The van der Waals surface area contributed by atoms with Gasteiger partial charge >= 0.3 is 6.18 Å². The second-order valence-electron chi connectivity index (χ2n) is 9.62. The van der Waals surface area contributed by atoms with E-state index in [1.54, 1.807) is 42.5 Å². The van der Waals surface area contributed by atoms with Gasteiger partial charge in [0.1, 0.15) is 0 Å². The first-order valence-electron chi connectivity index (χ1n) is 13.0. The zero-order chi connectivity index (χ0) is 29.9. The molecule has 42 heavy (non-hydrogen) atoms. The van der Waals surface area contributed by atoms with E-state index in [2.05, 4.69) is 20.4 Å². The molecular formula is C31H25Cl2F3N4OS. The highest BCUT2D eigenvalue weighted by Gasteiger charge is 2.30. The molecule has 4 aromatic carbocycles. The Morgan fingerprint density at radius 1 is 0.762 bits per heavy atom. The Hall–Kier alpha value is -3.79. The van der Waals surface area contributed by atoms with Crippen LogP contribution in [0.25, 0.3) is 11.1 Å². The monoisotopic (exact) mass is 628 g/mol. The number of benzene rings is 4. The average molecular weight is 630 g/mol. The van der Waals surface area contributed by atoms with E-state index in [0.717, 1.165) is 30.9 Å². The molecule has 0 aromatic heterocycles. The molecule has 1 saturated heterocycles. The molecule has 0 radical (unpaired) electrons. The van der Waals surface area contributed by atoms with Gasteiger partial charge < -0.3 is 20.4 Å². The van der Waals surface area contributed by atoms with Gasteiger partial charge in [-0.1, -0.05) is 59.6 Å². The van der Waals surface area contributed by atoms with Crippen LogP contribution >= 0.6 is 35.4 Å². The second kappa shape index (κ2) is 12.6. The van der Waals surface area contributed by atoms with Gasteiger partial charge in [0.2, 0.25) is 0 Å². The maximum Gasteiger partial charge on any atom is 0.416 e. The van der Waals surface area contributed by atoms with E-state index < -0.39 is 11.7 Å². The average Bonchev–Trinajstić information content (AvgIpc) is 2.99. The minimum Gasteiger partial charge on any atom is -0.368 e. The molecule has 0 saturated carbocycles. The SMILES string of the molecule is O=C(Nc1ccc(N2CCN(C(=S)Nc3c(Cl)cccc3Cl)CC2)cc1)c1ccccc1-c1ccc(C(F)(F)F)cc1. The van der Waals surface area contributed by atoms with Crippen molar-refractivity contribution in [2.24, 2.45) is 0 Å². The molecule has 1 heterocycles. The number of nitrogens with one attached hydrogen (secondary N) is 2. The Bertz CT molecular complexity index is 1570. The van der Waals surface area contributed by atoms with Gasteiger partial charge in [0, 0.05) is 43.1 Å². The molecule has 0 bridgehead atoms. The summed E-state index contributed by atoms with van der Waals surface area (Å²) in [6, 6.07) is 24.4. The highest BCUT2D eigenvalue weighted by atomic mass is 35.5. The van der Waals surface area contributed by atoms with Crippen LogP contribution in [0.15, 0.2) is 91.0 Å². The number of para-hydroxylation sites is 1. The quantitative estimate of drug-likeness (QED) is 0.217. The summed E-state index contributed by atoms with van der Waals surface area (Å²) < 4.78 is 38.9. The van der Waals surface area contributed by atoms with Gasteiger partial charge in [-0.05, 0) is 77.9 Å². The van der Waals surface area contributed by atoms with Crippen LogP contribution in [0.4, 0.5) is 30.2 Å². The number of carbonyl (C=O) groups is 1. The van der Waals surface area contributed by atoms with Gasteiger partial charge in [-0.25, -0.2) is 0 Å². The van der Waals surface area contributed by atoms with Crippen molar-refractivity contribution in [1.82, 2.24) is 4.90 Å². The number of hydrogen-bond donors (Lipinski definition) is 2. The third-order valence-electron chi connectivity index (χ3n) is 6.95. The molecule has 4 aromatic rings. The molecule has 11 heteroatoms. The fraction of sp³-hybridized carbons (Fsp3) is 0.161. The van der Waals surface area contributed by atoms with Crippen molar-refractivity contribution in [1.29, 1.82) is 0 Å².